The number of anilines is 1. The number of piperidine rings is 1. The van der Waals surface area contributed by atoms with Crippen molar-refractivity contribution in [3.05, 3.63) is 76.9 Å². The maximum atomic E-state index is 12.9. The van der Waals surface area contributed by atoms with Gasteiger partial charge < -0.3 is 15.1 Å². The average molecular weight is 464 g/mol. The van der Waals surface area contributed by atoms with E-state index in [2.05, 4.69) is 75.8 Å². The van der Waals surface area contributed by atoms with Gasteiger partial charge in [-0.05, 0) is 61.3 Å². The number of amides is 1. The molecule has 4 rings (SSSR count). The minimum absolute atomic E-state index is 0.0130. The summed E-state index contributed by atoms with van der Waals surface area (Å²) >= 11 is 5.83. The van der Waals surface area contributed by atoms with E-state index in [4.69, 9.17) is 11.6 Å². The van der Waals surface area contributed by atoms with Gasteiger partial charge in [-0.25, -0.2) is 0 Å². The standard InChI is InChI=1S/C26H30ClN5O/c1-31(2)18-19-7-9-20(10-8-19)23-6-4-3-5-22(23)17-28-26(33)21-13-15-32(16-14-21)25-12-11-24(27)29-30-25/h3-12,21H,13-18H2,1-2H3,(H,28,33). The largest absolute Gasteiger partial charge is 0.355 e. The lowest BCUT2D eigenvalue weighted by atomic mass is 9.95. The summed E-state index contributed by atoms with van der Waals surface area (Å²) in [4.78, 5) is 17.2. The number of halogens is 1. The van der Waals surface area contributed by atoms with Crippen LogP contribution in [0.15, 0.2) is 60.7 Å². The number of aromatic nitrogens is 2. The van der Waals surface area contributed by atoms with E-state index in [0.29, 0.717) is 11.7 Å². The van der Waals surface area contributed by atoms with Crippen molar-refractivity contribution in [3.63, 3.8) is 0 Å². The van der Waals surface area contributed by atoms with E-state index in [1.54, 1.807) is 6.07 Å². The lowest BCUT2D eigenvalue weighted by molar-refractivity contribution is -0.125. The third-order valence-electron chi connectivity index (χ3n) is 6.04. The fourth-order valence-corrected chi connectivity index (χ4v) is 4.39. The predicted molar refractivity (Wildman–Crippen MR) is 133 cm³/mol. The van der Waals surface area contributed by atoms with E-state index in [0.717, 1.165) is 49.4 Å². The summed E-state index contributed by atoms with van der Waals surface area (Å²) < 4.78 is 0. The quantitative estimate of drug-likeness (QED) is 0.563. The lowest BCUT2D eigenvalue weighted by Gasteiger charge is -2.31. The molecule has 2 aromatic carbocycles. The monoisotopic (exact) mass is 463 g/mol. The third-order valence-corrected chi connectivity index (χ3v) is 6.24. The summed E-state index contributed by atoms with van der Waals surface area (Å²) in [6, 6.07) is 20.6. The molecule has 1 fully saturated rings. The maximum absolute atomic E-state index is 12.9. The van der Waals surface area contributed by atoms with Gasteiger partial charge in [-0.2, -0.15) is 0 Å². The molecule has 0 saturated carbocycles. The normalized spacial score (nSPS) is 14.5. The van der Waals surface area contributed by atoms with Gasteiger partial charge in [0.15, 0.2) is 11.0 Å². The second kappa shape index (κ2) is 10.8. The molecule has 1 aliphatic rings. The average Bonchev–Trinajstić information content (AvgIpc) is 2.83. The summed E-state index contributed by atoms with van der Waals surface area (Å²) in [6.07, 6.45) is 1.59. The fourth-order valence-electron chi connectivity index (χ4n) is 4.29. The van der Waals surface area contributed by atoms with E-state index in [1.165, 1.54) is 11.1 Å². The van der Waals surface area contributed by atoms with Crippen molar-refractivity contribution < 1.29 is 4.79 Å². The molecule has 3 aromatic rings. The Morgan fingerprint density at radius 3 is 2.42 bits per heavy atom. The summed E-state index contributed by atoms with van der Waals surface area (Å²) in [5.41, 5.74) is 4.73. The van der Waals surface area contributed by atoms with Gasteiger partial charge in [-0.1, -0.05) is 60.1 Å². The van der Waals surface area contributed by atoms with Gasteiger partial charge in [-0.15, -0.1) is 10.2 Å². The highest BCUT2D eigenvalue weighted by Gasteiger charge is 2.25. The molecule has 0 radical (unpaired) electrons. The molecule has 2 heterocycles. The molecular formula is C26H30ClN5O. The van der Waals surface area contributed by atoms with Crippen LogP contribution < -0.4 is 10.2 Å². The second-order valence-corrected chi connectivity index (χ2v) is 9.17. The Hall–Kier alpha value is -2.96. The first-order chi connectivity index (χ1) is 16.0. The number of nitrogens with zero attached hydrogens (tertiary/aromatic N) is 4. The highest BCUT2D eigenvalue weighted by molar-refractivity contribution is 6.29. The van der Waals surface area contributed by atoms with Crippen LogP contribution in [0, 0.1) is 5.92 Å². The highest BCUT2D eigenvalue weighted by Crippen LogP contribution is 2.25. The smallest absolute Gasteiger partial charge is 0.223 e. The number of benzene rings is 2. The van der Waals surface area contributed by atoms with Crippen LogP contribution in [0.4, 0.5) is 5.82 Å². The van der Waals surface area contributed by atoms with Gasteiger partial charge in [0.2, 0.25) is 5.91 Å². The van der Waals surface area contributed by atoms with Crippen LogP contribution in [0.1, 0.15) is 24.0 Å². The number of hydrogen-bond acceptors (Lipinski definition) is 5. The molecule has 1 aromatic heterocycles. The molecule has 1 saturated heterocycles. The van der Waals surface area contributed by atoms with Crippen LogP contribution in [-0.2, 0) is 17.9 Å². The van der Waals surface area contributed by atoms with E-state index >= 15 is 0 Å². The molecule has 1 amide bonds. The molecule has 172 valence electrons. The minimum atomic E-state index is 0.0130. The van der Waals surface area contributed by atoms with Crippen LogP contribution >= 0.6 is 11.6 Å². The van der Waals surface area contributed by atoms with Crippen molar-refractivity contribution in [2.45, 2.75) is 25.9 Å². The molecule has 0 spiro atoms. The molecule has 0 aliphatic carbocycles. The Labute approximate surface area is 200 Å². The molecule has 7 heteroatoms. The van der Waals surface area contributed by atoms with E-state index < -0.39 is 0 Å². The molecule has 0 bridgehead atoms. The Bertz CT molecular complexity index is 1060. The summed E-state index contributed by atoms with van der Waals surface area (Å²) in [7, 11) is 4.14. The number of hydrogen-bond donors (Lipinski definition) is 1. The number of nitrogens with one attached hydrogen (secondary N) is 1. The number of carbonyl (C=O) groups excluding carboxylic acids is 1. The molecule has 33 heavy (non-hydrogen) atoms. The summed E-state index contributed by atoms with van der Waals surface area (Å²) in [5.74, 6) is 0.941. The Kier molecular flexibility index (Phi) is 7.57. The van der Waals surface area contributed by atoms with Crippen molar-refractivity contribution in [3.8, 4) is 11.1 Å². The van der Waals surface area contributed by atoms with Crippen molar-refractivity contribution in [1.82, 2.24) is 20.4 Å². The first-order valence-corrected chi connectivity index (χ1v) is 11.7. The predicted octanol–water partition coefficient (Wildman–Crippen LogP) is 4.39. The van der Waals surface area contributed by atoms with Crippen LogP contribution in [0.25, 0.3) is 11.1 Å². The maximum Gasteiger partial charge on any atom is 0.223 e. The zero-order valence-electron chi connectivity index (χ0n) is 19.2. The first-order valence-electron chi connectivity index (χ1n) is 11.3. The van der Waals surface area contributed by atoms with Gasteiger partial charge in [0.25, 0.3) is 0 Å². The lowest BCUT2D eigenvalue weighted by Crippen LogP contribution is -2.40. The van der Waals surface area contributed by atoms with Gasteiger partial charge >= 0.3 is 0 Å². The number of carbonyl (C=O) groups is 1. The fraction of sp³-hybridized carbons (Fsp3) is 0.346. The minimum Gasteiger partial charge on any atom is -0.355 e. The number of rotatable bonds is 7. The van der Waals surface area contributed by atoms with Crippen LogP contribution in [-0.4, -0.2) is 48.2 Å². The van der Waals surface area contributed by atoms with Crippen molar-refractivity contribution in [1.29, 1.82) is 0 Å². The molecule has 0 atom stereocenters. The van der Waals surface area contributed by atoms with Crippen LogP contribution in [0.5, 0.6) is 0 Å². The van der Waals surface area contributed by atoms with E-state index in [1.807, 2.05) is 18.2 Å². The van der Waals surface area contributed by atoms with Gasteiger partial charge in [0.1, 0.15) is 0 Å². The summed E-state index contributed by atoms with van der Waals surface area (Å²) in [5, 5.41) is 11.6. The van der Waals surface area contributed by atoms with Crippen molar-refractivity contribution in [2.75, 3.05) is 32.1 Å². The topological polar surface area (TPSA) is 61.4 Å². The molecule has 6 nitrogen and oxygen atoms in total. The van der Waals surface area contributed by atoms with Gasteiger partial charge in [-0.3, -0.25) is 4.79 Å². The van der Waals surface area contributed by atoms with Gasteiger partial charge in [0, 0.05) is 32.1 Å². The van der Waals surface area contributed by atoms with Crippen LogP contribution in [0.2, 0.25) is 5.15 Å². The highest BCUT2D eigenvalue weighted by atomic mass is 35.5. The second-order valence-electron chi connectivity index (χ2n) is 8.79. The molecular weight excluding hydrogens is 434 g/mol. The van der Waals surface area contributed by atoms with E-state index in [-0.39, 0.29) is 11.8 Å². The third kappa shape index (κ3) is 6.09. The molecule has 1 aliphatic heterocycles. The van der Waals surface area contributed by atoms with Crippen molar-refractivity contribution in [2.24, 2.45) is 5.92 Å². The van der Waals surface area contributed by atoms with E-state index in [9.17, 15) is 4.79 Å². The van der Waals surface area contributed by atoms with Crippen molar-refractivity contribution >= 4 is 23.3 Å². The zero-order chi connectivity index (χ0) is 23.2. The Morgan fingerprint density at radius 1 is 1.03 bits per heavy atom. The van der Waals surface area contributed by atoms with Gasteiger partial charge in [0.05, 0.1) is 0 Å². The molecule has 0 unspecified atom stereocenters. The Morgan fingerprint density at radius 2 is 1.76 bits per heavy atom. The molecule has 1 N–H and O–H groups in total. The summed E-state index contributed by atoms with van der Waals surface area (Å²) in [6.45, 7) is 3.01. The zero-order valence-corrected chi connectivity index (χ0v) is 19.9. The Balaban J connectivity index is 1.34. The SMILES string of the molecule is CN(C)Cc1ccc(-c2ccccc2CNC(=O)C2CCN(c3ccc(Cl)nn3)CC2)cc1. The first kappa shape index (κ1) is 23.2. The van der Waals surface area contributed by atoms with Crippen LogP contribution in [0.3, 0.4) is 0 Å².